The van der Waals surface area contributed by atoms with Crippen LogP contribution in [-0.2, 0) is 28.2 Å². The molecule has 0 spiro atoms. The molecule has 2 aromatic rings. The molecule has 11 heteroatoms. The van der Waals surface area contributed by atoms with Gasteiger partial charge in [0.2, 0.25) is 10.0 Å². The quantitative estimate of drug-likeness (QED) is 0.634. The van der Waals surface area contributed by atoms with Gasteiger partial charge in [-0.1, -0.05) is 26.8 Å². The number of halogens is 3. The number of carbonyl (C=O) groups excluding carboxylic acids is 1. The van der Waals surface area contributed by atoms with Crippen LogP contribution in [-0.4, -0.2) is 67.1 Å². The second-order valence-corrected chi connectivity index (χ2v) is 12.1. The number of sulfonamides is 1. The van der Waals surface area contributed by atoms with Crippen molar-refractivity contribution in [3.8, 4) is 0 Å². The first-order chi connectivity index (χ1) is 16.1. The summed E-state index contributed by atoms with van der Waals surface area (Å²) < 4.78 is 68.4. The molecule has 1 amide bonds. The molecule has 2 heterocycles. The van der Waals surface area contributed by atoms with Crippen LogP contribution in [0.1, 0.15) is 48.1 Å². The van der Waals surface area contributed by atoms with E-state index in [9.17, 15) is 26.4 Å². The largest absolute Gasteiger partial charge is 0.416 e. The number of carbonyl (C=O) groups is 1. The summed E-state index contributed by atoms with van der Waals surface area (Å²) in [4.78, 5) is 15.1. The van der Waals surface area contributed by atoms with Gasteiger partial charge in [-0.2, -0.15) is 17.5 Å². The van der Waals surface area contributed by atoms with Crippen LogP contribution in [0.4, 0.5) is 18.9 Å². The van der Waals surface area contributed by atoms with Gasteiger partial charge in [0.1, 0.15) is 0 Å². The Kier molecular flexibility index (Phi) is 7.73. The molecule has 1 saturated heterocycles. The first-order valence-electron chi connectivity index (χ1n) is 11.4. The molecular weight excluding hydrogens is 481 g/mol. The molecule has 1 fully saturated rings. The summed E-state index contributed by atoms with van der Waals surface area (Å²) in [7, 11) is -1.53. The van der Waals surface area contributed by atoms with Gasteiger partial charge in [-0.05, 0) is 38.2 Å². The average molecular weight is 515 g/mol. The van der Waals surface area contributed by atoms with E-state index >= 15 is 0 Å². The number of anilines is 1. The van der Waals surface area contributed by atoms with E-state index in [0.717, 1.165) is 17.8 Å². The Labute approximate surface area is 204 Å². The van der Waals surface area contributed by atoms with Gasteiger partial charge in [-0.15, -0.1) is 0 Å². The Balaban J connectivity index is 1.85. The second-order valence-electron chi connectivity index (χ2n) is 9.98. The Hall–Kier alpha value is -2.37. The lowest BCUT2D eigenvalue weighted by molar-refractivity contribution is -0.137. The van der Waals surface area contributed by atoms with Crippen LogP contribution in [0.5, 0.6) is 0 Å². The summed E-state index contributed by atoms with van der Waals surface area (Å²) in [5.41, 5.74) is 0.424. The topological polar surface area (TPSA) is 74.6 Å². The molecule has 0 bridgehead atoms. The van der Waals surface area contributed by atoms with E-state index < -0.39 is 33.1 Å². The van der Waals surface area contributed by atoms with Crippen LogP contribution in [0.15, 0.2) is 30.3 Å². The number of aromatic nitrogens is 1. The molecular formula is C24H33F3N4O3S. The number of rotatable bonds is 6. The Morgan fingerprint density at radius 2 is 1.69 bits per heavy atom. The average Bonchev–Trinajstić information content (AvgIpc) is 3.09. The first-order valence-corrected chi connectivity index (χ1v) is 13.1. The predicted octanol–water partition coefficient (Wildman–Crippen LogP) is 3.94. The van der Waals surface area contributed by atoms with Crippen molar-refractivity contribution in [1.29, 1.82) is 0 Å². The zero-order valence-corrected chi connectivity index (χ0v) is 21.6. The molecule has 1 aliphatic heterocycles. The molecule has 0 radical (unpaired) electrons. The zero-order valence-electron chi connectivity index (χ0n) is 20.7. The predicted molar refractivity (Wildman–Crippen MR) is 130 cm³/mol. The molecule has 1 aromatic heterocycles. The number of amides is 1. The molecule has 1 aliphatic rings. The van der Waals surface area contributed by atoms with E-state index in [1.54, 1.807) is 13.0 Å². The van der Waals surface area contributed by atoms with Gasteiger partial charge >= 0.3 is 6.18 Å². The summed E-state index contributed by atoms with van der Waals surface area (Å²) in [5.74, 6) is -0.655. The van der Waals surface area contributed by atoms with Gasteiger partial charge in [-0.3, -0.25) is 4.79 Å². The summed E-state index contributed by atoms with van der Waals surface area (Å²) >= 11 is 0. The molecule has 0 unspecified atom stereocenters. The zero-order chi connectivity index (χ0) is 26.2. The maximum absolute atomic E-state index is 13.0. The van der Waals surface area contributed by atoms with Gasteiger partial charge in [-0.25, -0.2) is 8.42 Å². The minimum absolute atomic E-state index is 0.0342. The van der Waals surface area contributed by atoms with Crippen molar-refractivity contribution < 1.29 is 26.4 Å². The van der Waals surface area contributed by atoms with Crippen LogP contribution in [0.25, 0.3) is 0 Å². The Morgan fingerprint density at radius 3 is 2.26 bits per heavy atom. The molecule has 1 N–H and O–H groups in total. The van der Waals surface area contributed by atoms with Gasteiger partial charge in [0.15, 0.2) is 0 Å². The van der Waals surface area contributed by atoms with E-state index in [4.69, 9.17) is 0 Å². The van der Waals surface area contributed by atoms with E-state index in [-0.39, 0.29) is 18.0 Å². The SMILES string of the molecule is Cc1c(C(=O)Nc2cccc(C(F)(F)F)c2)cc(C(C)(C)C)n1CCS(=O)(=O)N1CCN(C)CC1. The number of nitrogens with zero attached hydrogens (tertiary/aromatic N) is 3. The summed E-state index contributed by atoms with van der Waals surface area (Å²) in [6.07, 6.45) is -4.52. The van der Waals surface area contributed by atoms with E-state index in [1.165, 1.54) is 16.4 Å². The highest BCUT2D eigenvalue weighted by Gasteiger charge is 2.31. The fraction of sp³-hybridized carbons (Fsp3) is 0.542. The summed E-state index contributed by atoms with van der Waals surface area (Å²) in [6.45, 7) is 10.0. The fourth-order valence-corrected chi connectivity index (χ4v) is 5.55. The summed E-state index contributed by atoms with van der Waals surface area (Å²) in [6, 6.07) is 6.15. The Bertz CT molecular complexity index is 1180. The smallest absolute Gasteiger partial charge is 0.346 e. The number of alkyl halides is 3. The third-order valence-corrected chi connectivity index (χ3v) is 8.11. The van der Waals surface area contributed by atoms with E-state index in [0.29, 0.717) is 37.4 Å². The molecule has 0 saturated carbocycles. The first kappa shape index (κ1) is 27.2. The highest BCUT2D eigenvalue weighted by Crippen LogP contribution is 2.32. The standard InChI is InChI=1S/C24H33F3N4O3S/c1-17-20(22(32)28-19-8-6-7-18(15-19)24(25,26)27)16-21(23(2,3)4)31(17)13-14-35(33,34)30-11-9-29(5)10-12-30/h6-8,15-16H,9-14H2,1-5H3,(H,28,32). The van der Waals surface area contributed by atoms with Gasteiger partial charge in [0, 0.05) is 55.2 Å². The molecule has 7 nitrogen and oxygen atoms in total. The Morgan fingerprint density at radius 1 is 1.06 bits per heavy atom. The number of benzene rings is 1. The van der Waals surface area contributed by atoms with Gasteiger partial charge in [0.25, 0.3) is 5.91 Å². The van der Waals surface area contributed by atoms with Crippen LogP contribution in [0.3, 0.4) is 0 Å². The molecule has 35 heavy (non-hydrogen) atoms. The minimum Gasteiger partial charge on any atom is -0.346 e. The van der Waals surface area contributed by atoms with E-state index in [2.05, 4.69) is 10.2 Å². The lowest BCUT2D eigenvalue weighted by Crippen LogP contribution is -2.48. The third kappa shape index (κ3) is 6.45. The van der Waals surface area contributed by atoms with Crippen LogP contribution in [0, 0.1) is 6.92 Å². The minimum atomic E-state index is -4.52. The van der Waals surface area contributed by atoms with Crippen molar-refractivity contribution in [3.05, 3.63) is 52.8 Å². The lowest BCUT2D eigenvalue weighted by Gasteiger charge is -2.32. The highest BCUT2D eigenvalue weighted by atomic mass is 32.2. The monoisotopic (exact) mass is 514 g/mol. The van der Waals surface area contributed by atoms with E-state index in [1.807, 2.05) is 32.4 Å². The number of nitrogens with one attached hydrogen (secondary N) is 1. The normalized spacial score (nSPS) is 16.5. The van der Waals surface area contributed by atoms with Gasteiger partial charge < -0.3 is 14.8 Å². The molecule has 1 aromatic carbocycles. The fourth-order valence-electron chi connectivity index (χ4n) is 4.16. The van der Waals surface area contributed by atoms with Gasteiger partial charge in [0.05, 0.1) is 16.9 Å². The number of piperazine rings is 1. The van der Waals surface area contributed by atoms with Crippen molar-refractivity contribution >= 4 is 21.6 Å². The molecule has 0 aliphatic carbocycles. The number of hydrogen-bond donors (Lipinski definition) is 1. The maximum Gasteiger partial charge on any atom is 0.416 e. The van der Waals surface area contributed by atoms with Crippen LogP contribution in [0.2, 0.25) is 0 Å². The van der Waals surface area contributed by atoms with Crippen LogP contribution < -0.4 is 5.32 Å². The highest BCUT2D eigenvalue weighted by molar-refractivity contribution is 7.89. The third-order valence-electron chi connectivity index (χ3n) is 6.26. The number of hydrogen-bond acceptors (Lipinski definition) is 4. The maximum atomic E-state index is 13.0. The van der Waals surface area contributed by atoms with Crippen molar-refractivity contribution in [3.63, 3.8) is 0 Å². The van der Waals surface area contributed by atoms with Crippen molar-refractivity contribution in [2.24, 2.45) is 0 Å². The van der Waals surface area contributed by atoms with Crippen molar-refractivity contribution in [2.75, 3.05) is 44.3 Å². The molecule has 194 valence electrons. The number of likely N-dealkylation sites (N-methyl/N-ethyl adjacent to an activating group) is 1. The van der Waals surface area contributed by atoms with Crippen molar-refractivity contribution in [2.45, 2.75) is 45.8 Å². The summed E-state index contributed by atoms with van der Waals surface area (Å²) in [5, 5.41) is 2.55. The van der Waals surface area contributed by atoms with Crippen LogP contribution >= 0.6 is 0 Å². The second kappa shape index (κ2) is 9.94. The molecule has 3 rings (SSSR count). The lowest BCUT2D eigenvalue weighted by atomic mass is 9.92. The molecule has 0 atom stereocenters. The van der Waals surface area contributed by atoms with Crippen molar-refractivity contribution in [1.82, 2.24) is 13.8 Å².